The number of nitrogens with two attached hydrogens (primary N) is 1. The zero-order chi connectivity index (χ0) is 14.7. The molecule has 0 unspecified atom stereocenters. The second kappa shape index (κ2) is 5.60. The monoisotopic (exact) mass is 295 g/mol. The summed E-state index contributed by atoms with van der Waals surface area (Å²) >= 11 is 0. The topological polar surface area (TPSA) is 77.2 Å². The summed E-state index contributed by atoms with van der Waals surface area (Å²) < 4.78 is 60.5. The first-order valence-electron chi connectivity index (χ1n) is 5.25. The lowest BCUT2D eigenvalue weighted by molar-refractivity contribution is -0.137. The van der Waals surface area contributed by atoms with E-state index in [1.807, 2.05) is 0 Å². The molecular formula is C11H12F3NO3S. The lowest BCUT2D eigenvalue weighted by Gasteiger charge is -2.09. The van der Waals surface area contributed by atoms with Crippen LogP contribution in [0.4, 0.5) is 13.2 Å². The molecule has 0 heterocycles. The molecule has 4 nitrogen and oxygen atoms in total. The van der Waals surface area contributed by atoms with Crippen molar-refractivity contribution < 1.29 is 26.4 Å². The summed E-state index contributed by atoms with van der Waals surface area (Å²) in [4.78, 5) is 10.5. The molecule has 0 fully saturated rings. The number of rotatable bonds is 5. The highest BCUT2D eigenvalue weighted by Crippen LogP contribution is 2.29. The van der Waals surface area contributed by atoms with Gasteiger partial charge in [-0.1, -0.05) is 18.2 Å². The Morgan fingerprint density at radius 2 is 1.89 bits per heavy atom. The lowest BCUT2D eigenvalue weighted by Crippen LogP contribution is -2.18. The highest BCUT2D eigenvalue weighted by molar-refractivity contribution is 7.90. The predicted molar refractivity (Wildman–Crippen MR) is 62.7 cm³/mol. The molecule has 0 bridgehead atoms. The van der Waals surface area contributed by atoms with Crippen molar-refractivity contribution in [2.45, 2.75) is 18.3 Å². The lowest BCUT2D eigenvalue weighted by atomic mass is 10.1. The average Bonchev–Trinajstić information content (AvgIpc) is 2.25. The predicted octanol–water partition coefficient (Wildman–Crippen LogP) is 1.50. The van der Waals surface area contributed by atoms with Gasteiger partial charge in [-0.15, -0.1) is 0 Å². The number of sulfone groups is 1. The fourth-order valence-corrected chi connectivity index (χ4v) is 2.76. The average molecular weight is 295 g/mol. The molecule has 1 aromatic rings. The molecule has 1 rings (SSSR count). The Morgan fingerprint density at radius 3 is 2.42 bits per heavy atom. The minimum Gasteiger partial charge on any atom is -0.370 e. The SMILES string of the molecule is NC(=O)CCS(=O)(=O)Cc1cccc(C(F)(F)F)c1. The highest BCUT2D eigenvalue weighted by atomic mass is 32.2. The number of hydrogen-bond acceptors (Lipinski definition) is 3. The van der Waals surface area contributed by atoms with Crippen LogP contribution in [-0.2, 0) is 26.6 Å². The van der Waals surface area contributed by atoms with E-state index in [9.17, 15) is 26.4 Å². The summed E-state index contributed by atoms with van der Waals surface area (Å²) in [6.07, 6.45) is -4.87. The fraction of sp³-hybridized carbons (Fsp3) is 0.364. The Bertz CT molecular complexity index is 567. The molecule has 1 amide bonds. The van der Waals surface area contributed by atoms with E-state index < -0.39 is 39.0 Å². The van der Waals surface area contributed by atoms with E-state index >= 15 is 0 Å². The van der Waals surface area contributed by atoms with Gasteiger partial charge < -0.3 is 5.73 Å². The minimum atomic E-state index is -4.52. The van der Waals surface area contributed by atoms with Gasteiger partial charge in [-0.05, 0) is 11.6 Å². The number of benzene rings is 1. The summed E-state index contributed by atoms with van der Waals surface area (Å²) in [5.74, 6) is -1.80. The van der Waals surface area contributed by atoms with Crippen molar-refractivity contribution in [1.29, 1.82) is 0 Å². The molecule has 8 heteroatoms. The van der Waals surface area contributed by atoms with Crippen LogP contribution in [0.1, 0.15) is 17.5 Å². The highest BCUT2D eigenvalue weighted by Gasteiger charge is 2.30. The van der Waals surface area contributed by atoms with Crippen molar-refractivity contribution in [3.05, 3.63) is 35.4 Å². The van der Waals surface area contributed by atoms with E-state index in [2.05, 4.69) is 0 Å². The Hall–Kier alpha value is -1.57. The van der Waals surface area contributed by atoms with Gasteiger partial charge in [0.2, 0.25) is 5.91 Å². The molecule has 19 heavy (non-hydrogen) atoms. The molecule has 0 saturated carbocycles. The quantitative estimate of drug-likeness (QED) is 0.894. The van der Waals surface area contributed by atoms with Gasteiger partial charge in [0.25, 0.3) is 0 Å². The number of alkyl halides is 3. The maximum Gasteiger partial charge on any atom is 0.416 e. The molecule has 2 N–H and O–H groups in total. The Kier molecular flexibility index (Phi) is 4.56. The number of halogens is 3. The third-order valence-electron chi connectivity index (χ3n) is 2.30. The van der Waals surface area contributed by atoms with Gasteiger partial charge in [-0.25, -0.2) is 8.42 Å². The number of carbonyl (C=O) groups excluding carboxylic acids is 1. The number of carbonyl (C=O) groups is 1. The normalized spacial score (nSPS) is 12.4. The summed E-state index contributed by atoms with van der Waals surface area (Å²) in [6, 6.07) is 4.07. The van der Waals surface area contributed by atoms with Gasteiger partial charge in [0.1, 0.15) is 0 Å². The third kappa shape index (κ3) is 5.29. The summed E-state index contributed by atoms with van der Waals surface area (Å²) in [5, 5.41) is 0. The van der Waals surface area contributed by atoms with Gasteiger partial charge in [0.15, 0.2) is 9.84 Å². The molecule has 0 aromatic heterocycles. The largest absolute Gasteiger partial charge is 0.416 e. The van der Waals surface area contributed by atoms with Crippen LogP contribution in [-0.4, -0.2) is 20.1 Å². The molecule has 1 aromatic carbocycles. The Labute approximate surface area is 108 Å². The van der Waals surface area contributed by atoms with Gasteiger partial charge in [0.05, 0.1) is 17.1 Å². The number of hydrogen-bond donors (Lipinski definition) is 1. The van der Waals surface area contributed by atoms with Crippen molar-refractivity contribution in [2.75, 3.05) is 5.75 Å². The Morgan fingerprint density at radius 1 is 1.26 bits per heavy atom. The van der Waals surface area contributed by atoms with E-state index in [4.69, 9.17) is 5.73 Å². The van der Waals surface area contributed by atoms with Crippen molar-refractivity contribution in [3.63, 3.8) is 0 Å². The second-order valence-corrected chi connectivity index (χ2v) is 6.19. The standard InChI is InChI=1S/C11H12F3NO3S/c12-11(13,14)9-3-1-2-8(6-9)7-19(17,18)5-4-10(15)16/h1-3,6H,4-5,7H2,(H2,15,16). The van der Waals surface area contributed by atoms with E-state index in [1.54, 1.807) is 0 Å². The Balaban J connectivity index is 2.85. The maximum absolute atomic E-state index is 12.4. The van der Waals surface area contributed by atoms with Crippen molar-refractivity contribution >= 4 is 15.7 Å². The van der Waals surface area contributed by atoms with Crippen LogP contribution in [0.3, 0.4) is 0 Å². The molecular weight excluding hydrogens is 283 g/mol. The number of amides is 1. The summed E-state index contributed by atoms with van der Waals surface area (Å²) in [6.45, 7) is 0. The molecule has 0 saturated heterocycles. The van der Waals surface area contributed by atoms with Gasteiger partial charge in [-0.3, -0.25) is 4.79 Å². The summed E-state index contributed by atoms with van der Waals surface area (Å²) in [5.41, 5.74) is 3.94. The van der Waals surface area contributed by atoms with Crippen LogP contribution >= 0.6 is 0 Å². The van der Waals surface area contributed by atoms with Gasteiger partial charge in [0, 0.05) is 6.42 Å². The van der Waals surface area contributed by atoms with Crippen LogP contribution in [0.15, 0.2) is 24.3 Å². The van der Waals surface area contributed by atoms with Crippen LogP contribution in [0, 0.1) is 0 Å². The van der Waals surface area contributed by atoms with E-state index in [0.717, 1.165) is 18.2 Å². The van der Waals surface area contributed by atoms with Gasteiger partial charge >= 0.3 is 6.18 Å². The van der Waals surface area contributed by atoms with Crippen molar-refractivity contribution in [2.24, 2.45) is 5.73 Å². The van der Waals surface area contributed by atoms with Crippen molar-refractivity contribution in [3.8, 4) is 0 Å². The van der Waals surface area contributed by atoms with Gasteiger partial charge in [-0.2, -0.15) is 13.2 Å². The smallest absolute Gasteiger partial charge is 0.370 e. The minimum absolute atomic E-state index is 0.0271. The third-order valence-corrected chi connectivity index (χ3v) is 3.90. The molecule has 0 radical (unpaired) electrons. The second-order valence-electron chi connectivity index (χ2n) is 4.01. The zero-order valence-electron chi connectivity index (χ0n) is 9.77. The van der Waals surface area contributed by atoms with Crippen LogP contribution < -0.4 is 5.73 Å². The molecule has 0 atom stereocenters. The van der Waals surface area contributed by atoms with Crippen LogP contribution in [0.2, 0.25) is 0 Å². The molecule has 0 aliphatic rings. The van der Waals surface area contributed by atoms with Crippen LogP contribution in [0.5, 0.6) is 0 Å². The fourth-order valence-electron chi connectivity index (χ4n) is 1.42. The molecule has 0 spiro atoms. The zero-order valence-corrected chi connectivity index (χ0v) is 10.6. The maximum atomic E-state index is 12.4. The first kappa shape index (κ1) is 15.5. The molecule has 106 valence electrons. The van der Waals surface area contributed by atoms with Crippen molar-refractivity contribution in [1.82, 2.24) is 0 Å². The molecule has 0 aliphatic heterocycles. The first-order valence-corrected chi connectivity index (χ1v) is 7.07. The van der Waals surface area contributed by atoms with E-state index in [0.29, 0.717) is 0 Å². The first-order chi connectivity index (χ1) is 8.60. The molecule has 0 aliphatic carbocycles. The summed E-state index contributed by atoms with van der Waals surface area (Å²) in [7, 11) is -3.66. The van der Waals surface area contributed by atoms with E-state index in [-0.39, 0.29) is 12.0 Å². The number of primary amides is 1. The van der Waals surface area contributed by atoms with Crippen LogP contribution in [0.25, 0.3) is 0 Å². The van der Waals surface area contributed by atoms with E-state index in [1.165, 1.54) is 6.07 Å².